The maximum Gasteiger partial charge on any atom is 0.338 e. The molecule has 0 radical (unpaired) electrons. The van der Waals surface area contributed by atoms with Gasteiger partial charge in [0.25, 0.3) is 0 Å². The Morgan fingerprint density at radius 2 is 2.04 bits per heavy atom. The van der Waals surface area contributed by atoms with Gasteiger partial charge in [-0.05, 0) is 37.3 Å². The molecular weight excluding hydrogens is 332 g/mol. The lowest BCUT2D eigenvalue weighted by Crippen LogP contribution is -2.05. The van der Waals surface area contributed by atoms with E-state index in [1.54, 1.807) is 16.8 Å². The summed E-state index contributed by atoms with van der Waals surface area (Å²) >= 11 is 0. The Morgan fingerprint density at radius 1 is 1.19 bits per heavy atom. The highest BCUT2D eigenvalue weighted by molar-refractivity contribution is 5.93. The maximum atomic E-state index is 12.3. The molecule has 4 aromatic rings. The van der Waals surface area contributed by atoms with Crippen molar-refractivity contribution in [3.8, 4) is 11.5 Å². The Kier molecular flexibility index (Phi) is 4.18. The molecule has 0 bridgehead atoms. The number of benzene rings is 2. The predicted molar refractivity (Wildman–Crippen MR) is 94.3 cm³/mol. The molecule has 0 aliphatic rings. The maximum absolute atomic E-state index is 12.3. The van der Waals surface area contributed by atoms with E-state index in [2.05, 4.69) is 15.3 Å². The van der Waals surface area contributed by atoms with Gasteiger partial charge in [0.05, 0.1) is 11.1 Å². The number of rotatable bonds is 5. The average molecular weight is 348 g/mol. The van der Waals surface area contributed by atoms with E-state index in [1.807, 2.05) is 43.3 Å². The van der Waals surface area contributed by atoms with Crippen molar-refractivity contribution in [2.24, 2.45) is 0 Å². The van der Waals surface area contributed by atoms with Gasteiger partial charge >= 0.3 is 5.97 Å². The quantitative estimate of drug-likeness (QED) is 0.514. The Hall–Kier alpha value is -3.48. The first-order valence-corrected chi connectivity index (χ1v) is 8.25. The van der Waals surface area contributed by atoms with Crippen LogP contribution < -0.4 is 0 Å². The first-order chi connectivity index (χ1) is 12.7. The summed E-state index contributed by atoms with van der Waals surface area (Å²) in [6, 6.07) is 14.7. The number of carbonyl (C=O) groups is 1. The Bertz CT molecular complexity index is 1050. The van der Waals surface area contributed by atoms with Crippen LogP contribution in [0.1, 0.15) is 23.0 Å². The zero-order valence-corrected chi connectivity index (χ0v) is 14.1. The minimum absolute atomic E-state index is 0.0366. The highest BCUT2D eigenvalue weighted by Crippen LogP contribution is 2.19. The fraction of sp³-hybridized carbons (Fsp3) is 0.158. The second kappa shape index (κ2) is 6.79. The lowest BCUT2D eigenvalue weighted by molar-refractivity contribution is 0.0468. The first kappa shape index (κ1) is 16.0. The van der Waals surface area contributed by atoms with Gasteiger partial charge in [-0.25, -0.2) is 14.5 Å². The summed E-state index contributed by atoms with van der Waals surface area (Å²) in [6.07, 6.45) is 1.49. The van der Waals surface area contributed by atoms with Crippen LogP contribution in [0.4, 0.5) is 0 Å². The summed E-state index contributed by atoms with van der Waals surface area (Å²) in [6.45, 7) is 2.74. The molecule has 2 aromatic carbocycles. The van der Waals surface area contributed by atoms with E-state index in [4.69, 9.17) is 9.15 Å². The SMILES string of the molecule is CCn1nnc2cc(C(=O)OCc3coc(-c4ccccc4)n3)ccc21. The van der Waals surface area contributed by atoms with Crippen molar-refractivity contribution < 1.29 is 13.9 Å². The molecule has 7 nitrogen and oxygen atoms in total. The molecule has 2 heterocycles. The molecule has 0 fully saturated rings. The molecule has 0 aliphatic heterocycles. The number of ether oxygens (including phenoxy) is 1. The van der Waals surface area contributed by atoms with Crippen molar-refractivity contribution >= 4 is 17.0 Å². The van der Waals surface area contributed by atoms with Crippen LogP contribution >= 0.6 is 0 Å². The van der Waals surface area contributed by atoms with Crippen molar-refractivity contribution in [3.05, 3.63) is 66.1 Å². The van der Waals surface area contributed by atoms with Crippen LogP contribution in [0.5, 0.6) is 0 Å². The minimum Gasteiger partial charge on any atom is -0.455 e. The predicted octanol–water partition coefficient (Wildman–Crippen LogP) is 3.46. The van der Waals surface area contributed by atoms with E-state index in [-0.39, 0.29) is 6.61 Å². The summed E-state index contributed by atoms with van der Waals surface area (Å²) in [7, 11) is 0. The average Bonchev–Trinajstić information content (AvgIpc) is 3.33. The van der Waals surface area contributed by atoms with Gasteiger partial charge in [-0.3, -0.25) is 0 Å². The Labute approximate surface area is 149 Å². The van der Waals surface area contributed by atoms with E-state index in [0.29, 0.717) is 22.7 Å². The van der Waals surface area contributed by atoms with Crippen LogP contribution in [-0.4, -0.2) is 25.9 Å². The van der Waals surface area contributed by atoms with Crippen molar-refractivity contribution in [2.45, 2.75) is 20.1 Å². The van der Waals surface area contributed by atoms with Crippen molar-refractivity contribution in [1.29, 1.82) is 0 Å². The summed E-state index contributed by atoms with van der Waals surface area (Å²) in [4.78, 5) is 16.6. The summed E-state index contributed by atoms with van der Waals surface area (Å²) in [5, 5.41) is 8.10. The van der Waals surface area contributed by atoms with Gasteiger partial charge in [0.15, 0.2) is 0 Å². The normalized spacial score (nSPS) is 11.0. The molecule has 0 unspecified atom stereocenters. The van der Waals surface area contributed by atoms with Gasteiger partial charge in [0.2, 0.25) is 5.89 Å². The van der Waals surface area contributed by atoms with Crippen LogP contribution in [0, 0.1) is 0 Å². The lowest BCUT2D eigenvalue weighted by Gasteiger charge is -2.03. The monoisotopic (exact) mass is 348 g/mol. The zero-order chi connectivity index (χ0) is 17.9. The molecule has 0 atom stereocenters. The zero-order valence-electron chi connectivity index (χ0n) is 14.1. The summed E-state index contributed by atoms with van der Waals surface area (Å²) < 4.78 is 12.5. The molecule has 7 heteroatoms. The number of nitrogens with zero attached hydrogens (tertiary/aromatic N) is 4. The molecule has 0 saturated heterocycles. The number of hydrogen-bond acceptors (Lipinski definition) is 6. The smallest absolute Gasteiger partial charge is 0.338 e. The molecule has 0 spiro atoms. The molecule has 130 valence electrons. The number of esters is 1. The second-order valence-corrected chi connectivity index (χ2v) is 5.69. The van der Waals surface area contributed by atoms with Crippen LogP contribution in [0.3, 0.4) is 0 Å². The topological polar surface area (TPSA) is 83.0 Å². The van der Waals surface area contributed by atoms with Crippen LogP contribution in [0.25, 0.3) is 22.5 Å². The summed E-state index contributed by atoms with van der Waals surface area (Å²) in [5.74, 6) is 0.0523. The second-order valence-electron chi connectivity index (χ2n) is 5.69. The van der Waals surface area contributed by atoms with Gasteiger partial charge < -0.3 is 9.15 Å². The fourth-order valence-electron chi connectivity index (χ4n) is 2.64. The highest BCUT2D eigenvalue weighted by atomic mass is 16.5. The van der Waals surface area contributed by atoms with Crippen molar-refractivity contribution in [1.82, 2.24) is 20.0 Å². The molecule has 4 rings (SSSR count). The van der Waals surface area contributed by atoms with Crippen molar-refractivity contribution in [2.75, 3.05) is 0 Å². The standard InChI is InChI=1S/C19H16N4O3/c1-2-23-17-9-8-14(10-16(17)21-22-23)19(24)26-12-15-11-25-18(20-15)13-6-4-3-5-7-13/h3-11H,2,12H2,1H3. The molecule has 0 saturated carbocycles. The van der Waals surface area contributed by atoms with Crippen LogP contribution in [0.2, 0.25) is 0 Å². The molecule has 0 aliphatic carbocycles. The molecular formula is C19H16N4O3. The van der Waals surface area contributed by atoms with E-state index < -0.39 is 5.97 Å². The number of hydrogen-bond donors (Lipinski definition) is 0. The molecule has 0 N–H and O–H groups in total. The number of aryl methyl sites for hydroxylation is 1. The third-order valence-corrected chi connectivity index (χ3v) is 3.97. The van der Waals surface area contributed by atoms with Gasteiger partial charge in [-0.15, -0.1) is 5.10 Å². The van der Waals surface area contributed by atoms with Crippen LogP contribution in [0.15, 0.2) is 59.2 Å². The molecule has 0 amide bonds. The van der Waals surface area contributed by atoms with Gasteiger partial charge in [-0.1, -0.05) is 23.4 Å². The first-order valence-electron chi connectivity index (χ1n) is 8.25. The minimum atomic E-state index is -0.442. The van der Waals surface area contributed by atoms with Gasteiger partial charge in [0.1, 0.15) is 24.1 Å². The van der Waals surface area contributed by atoms with Crippen LogP contribution in [-0.2, 0) is 17.9 Å². The third-order valence-electron chi connectivity index (χ3n) is 3.97. The van der Waals surface area contributed by atoms with E-state index in [9.17, 15) is 4.79 Å². The van der Waals surface area contributed by atoms with E-state index in [1.165, 1.54) is 6.26 Å². The molecule has 26 heavy (non-hydrogen) atoms. The van der Waals surface area contributed by atoms with Gasteiger partial charge in [0, 0.05) is 12.1 Å². The Balaban J connectivity index is 1.45. The number of fused-ring (bicyclic) bond motifs is 1. The van der Waals surface area contributed by atoms with E-state index in [0.717, 1.165) is 17.6 Å². The lowest BCUT2D eigenvalue weighted by atomic mass is 10.2. The largest absolute Gasteiger partial charge is 0.455 e. The number of oxazole rings is 1. The van der Waals surface area contributed by atoms with Gasteiger partial charge in [-0.2, -0.15) is 0 Å². The third kappa shape index (κ3) is 3.06. The highest BCUT2D eigenvalue weighted by Gasteiger charge is 2.13. The van der Waals surface area contributed by atoms with Crippen molar-refractivity contribution in [3.63, 3.8) is 0 Å². The van der Waals surface area contributed by atoms with E-state index >= 15 is 0 Å². The number of aromatic nitrogens is 4. The molecule has 2 aromatic heterocycles. The summed E-state index contributed by atoms with van der Waals surface area (Å²) in [5.41, 5.74) is 3.39. The fourth-order valence-corrected chi connectivity index (χ4v) is 2.64. The number of carbonyl (C=O) groups excluding carboxylic acids is 1. The Morgan fingerprint density at radius 3 is 2.85 bits per heavy atom.